The lowest BCUT2D eigenvalue weighted by atomic mass is 10.4. The van der Waals surface area contributed by atoms with Gasteiger partial charge in [0.25, 0.3) is 10.2 Å². The van der Waals surface area contributed by atoms with Crippen molar-refractivity contribution in [3.05, 3.63) is 0 Å². The zero-order chi connectivity index (χ0) is 13.5. The molecule has 0 saturated heterocycles. The summed E-state index contributed by atoms with van der Waals surface area (Å²) in [5.41, 5.74) is 0. The SMILES string of the molecule is COC(=O)CCN(C)S(=O)(=O)NCC(C)OC. The minimum Gasteiger partial charge on any atom is -0.469 e. The van der Waals surface area contributed by atoms with Gasteiger partial charge in [-0.05, 0) is 6.92 Å². The van der Waals surface area contributed by atoms with E-state index in [4.69, 9.17) is 4.74 Å². The molecule has 0 aromatic heterocycles. The fraction of sp³-hybridized carbons (Fsp3) is 0.889. The lowest BCUT2D eigenvalue weighted by Gasteiger charge is -2.18. The molecule has 0 aliphatic rings. The molecule has 0 rings (SSSR count). The van der Waals surface area contributed by atoms with E-state index in [1.54, 1.807) is 6.92 Å². The molecule has 1 atom stereocenters. The van der Waals surface area contributed by atoms with Crippen molar-refractivity contribution in [2.24, 2.45) is 0 Å². The van der Waals surface area contributed by atoms with Crippen molar-refractivity contribution < 1.29 is 22.7 Å². The van der Waals surface area contributed by atoms with E-state index in [0.29, 0.717) is 0 Å². The molecule has 1 N–H and O–H groups in total. The van der Waals surface area contributed by atoms with Crippen LogP contribution in [0.1, 0.15) is 13.3 Å². The highest BCUT2D eigenvalue weighted by atomic mass is 32.2. The van der Waals surface area contributed by atoms with Crippen molar-refractivity contribution in [1.29, 1.82) is 0 Å². The molecule has 0 heterocycles. The quantitative estimate of drug-likeness (QED) is 0.591. The van der Waals surface area contributed by atoms with Crippen LogP contribution in [0.3, 0.4) is 0 Å². The van der Waals surface area contributed by atoms with Crippen LogP contribution in [0.25, 0.3) is 0 Å². The fourth-order valence-corrected chi connectivity index (χ4v) is 1.88. The van der Waals surface area contributed by atoms with E-state index >= 15 is 0 Å². The highest BCUT2D eigenvalue weighted by Gasteiger charge is 2.18. The largest absolute Gasteiger partial charge is 0.469 e. The molecule has 0 amide bonds. The maximum absolute atomic E-state index is 11.7. The summed E-state index contributed by atoms with van der Waals surface area (Å²) in [6.45, 7) is 2.00. The lowest BCUT2D eigenvalue weighted by Crippen LogP contribution is -2.42. The van der Waals surface area contributed by atoms with Gasteiger partial charge >= 0.3 is 5.97 Å². The Hall–Kier alpha value is -0.700. The van der Waals surface area contributed by atoms with Gasteiger partial charge in [-0.1, -0.05) is 0 Å². The summed E-state index contributed by atoms with van der Waals surface area (Å²) in [4.78, 5) is 10.9. The van der Waals surface area contributed by atoms with E-state index in [2.05, 4.69) is 9.46 Å². The van der Waals surface area contributed by atoms with E-state index < -0.39 is 16.2 Å². The molecule has 0 aliphatic heterocycles. The Labute approximate surface area is 102 Å². The Kier molecular flexibility index (Phi) is 7.28. The molecule has 0 radical (unpaired) electrons. The van der Waals surface area contributed by atoms with Crippen LogP contribution >= 0.6 is 0 Å². The zero-order valence-electron chi connectivity index (χ0n) is 10.6. The number of hydrogen-bond acceptors (Lipinski definition) is 5. The second-order valence-corrected chi connectivity index (χ2v) is 5.41. The van der Waals surface area contributed by atoms with Crippen LogP contribution in [0.2, 0.25) is 0 Å². The Morgan fingerprint density at radius 3 is 2.47 bits per heavy atom. The summed E-state index contributed by atoms with van der Waals surface area (Å²) in [6, 6.07) is 0. The predicted molar refractivity (Wildman–Crippen MR) is 62.7 cm³/mol. The summed E-state index contributed by atoms with van der Waals surface area (Å²) in [7, 11) is 0.577. The van der Waals surface area contributed by atoms with Crippen LogP contribution < -0.4 is 4.72 Å². The molecule has 0 fully saturated rings. The second kappa shape index (κ2) is 7.59. The highest BCUT2D eigenvalue weighted by molar-refractivity contribution is 7.87. The smallest absolute Gasteiger partial charge is 0.306 e. The molecule has 1 unspecified atom stereocenters. The molecule has 102 valence electrons. The van der Waals surface area contributed by atoms with Crippen molar-refractivity contribution >= 4 is 16.2 Å². The van der Waals surface area contributed by atoms with Crippen LogP contribution in [0.15, 0.2) is 0 Å². The monoisotopic (exact) mass is 268 g/mol. The standard InChI is InChI=1S/C9H20N2O5S/c1-8(15-3)7-10-17(13,14)11(2)6-5-9(12)16-4/h8,10H,5-7H2,1-4H3. The highest BCUT2D eigenvalue weighted by Crippen LogP contribution is 1.97. The molecule has 0 aromatic rings. The van der Waals surface area contributed by atoms with Gasteiger partial charge in [0.1, 0.15) is 0 Å². The lowest BCUT2D eigenvalue weighted by molar-refractivity contribution is -0.140. The Morgan fingerprint density at radius 2 is 2.00 bits per heavy atom. The Bertz CT molecular complexity index is 330. The first-order valence-electron chi connectivity index (χ1n) is 5.14. The van der Waals surface area contributed by atoms with Gasteiger partial charge < -0.3 is 9.47 Å². The molecule has 0 spiro atoms. The van der Waals surface area contributed by atoms with Gasteiger partial charge in [-0.15, -0.1) is 0 Å². The maximum atomic E-state index is 11.7. The molecule has 8 heteroatoms. The number of esters is 1. The Morgan fingerprint density at radius 1 is 1.41 bits per heavy atom. The third-order valence-corrected chi connectivity index (χ3v) is 3.76. The first-order chi connectivity index (χ1) is 7.83. The second-order valence-electron chi connectivity index (χ2n) is 3.55. The van der Waals surface area contributed by atoms with Crippen molar-refractivity contribution in [3.63, 3.8) is 0 Å². The minimum absolute atomic E-state index is 0.0216. The van der Waals surface area contributed by atoms with E-state index in [1.807, 2.05) is 0 Å². The van der Waals surface area contributed by atoms with Gasteiger partial charge in [-0.2, -0.15) is 17.4 Å². The van der Waals surface area contributed by atoms with Gasteiger partial charge in [-0.25, -0.2) is 0 Å². The third kappa shape index (κ3) is 6.57. The minimum atomic E-state index is -3.57. The van der Waals surface area contributed by atoms with Gasteiger partial charge in [0.05, 0.1) is 19.6 Å². The average molecular weight is 268 g/mol. The fourth-order valence-electron chi connectivity index (χ4n) is 0.887. The van der Waals surface area contributed by atoms with Crippen molar-refractivity contribution in [2.75, 3.05) is 34.4 Å². The van der Waals surface area contributed by atoms with Crippen molar-refractivity contribution in [3.8, 4) is 0 Å². The van der Waals surface area contributed by atoms with Crippen LogP contribution in [-0.4, -0.2) is 59.2 Å². The van der Waals surface area contributed by atoms with Crippen molar-refractivity contribution in [1.82, 2.24) is 9.03 Å². The average Bonchev–Trinajstić information content (AvgIpc) is 2.32. The topological polar surface area (TPSA) is 84.9 Å². The van der Waals surface area contributed by atoms with Gasteiger partial charge in [0.15, 0.2) is 0 Å². The first kappa shape index (κ1) is 16.3. The summed E-state index contributed by atoms with van der Waals surface area (Å²) < 4.78 is 36.1. The molecule has 0 aromatic carbocycles. The van der Waals surface area contributed by atoms with Crippen LogP contribution in [0.5, 0.6) is 0 Å². The maximum Gasteiger partial charge on any atom is 0.306 e. The predicted octanol–water partition coefficient (Wildman–Crippen LogP) is -0.649. The number of nitrogens with one attached hydrogen (secondary N) is 1. The number of hydrogen-bond donors (Lipinski definition) is 1. The van der Waals surface area contributed by atoms with E-state index in [9.17, 15) is 13.2 Å². The summed E-state index contributed by atoms with van der Waals surface area (Å²) in [5, 5.41) is 0. The summed E-state index contributed by atoms with van der Waals surface area (Å²) in [5.74, 6) is -0.447. The van der Waals surface area contributed by atoms with Crippen LogP contribution in [-0.2, 0) is 24.5 Å². The normalized spacial score (nSPS) is 13.7. The summed E-state index contributed by atoms with van der Waals surface area (Å²) in [6.07, 6.45) is -0.188. The van der Waals surface area contributed by atoms with Crippen molar-refractivity contribution in [2.45, 2.75) is 19.4 Å². The van der Waals surface area contributed by atoms with E-state index in [-0.39, 0.29) is 25.6 Å². The number of methoxy groups -OCH3 is 2. The number of carbonyl (C=O) groups is 1. The van der Waals surface area contributed by atoms with Gasteiger partial charge in [0.2, 0.25) is 0 Å². The number of carbonyl (C=O) groups excluding carboxylic acids is 1. The van der Waals surface area contributed by atoms with E-state index in [1.165, 1.54) is 21.3 Å². The zero-order valence-corrected chi connectivity index (χ0v) is 11.4. The van der Waals surface area contributed by atoms with Crippen LogP contribution in [0.4, 0.5) is 0 Å². The molecular weight excluding hydrogens is 248 g/mol. The Balaban J connectivity index is 4.16. The number of ether oxygens (including phenoxy) is 2. The molecule has 0 saturated carbocycles. The van der Waals surface area contributed by atoms with Gasteiger partial charge in [-0.3, -0.25) is 4.79 Å². The molecule has 17 heavy (non-hydrogen) atoms. The number of rotatable bonds is 8. The summed E-state index contributed by atoms with van der Waals surface area (Å²) >= 11 is 0. The third-order valence-electron chi connectivity index (χ3n) is 2.22. The number of nitrogens with zero attached hydrogens (tertiary/aromatic N) is 1. The van der Waals surface area contributed by atoms with Crippen LogP contribution in [0, 0.1) is 0 Å². The molecule has 0 aliphatic carbocycles. The molecule has 0 bridgehead atoms. The first-order valence-corrected chi connectivity index (χ1v) is 6.58. The molecular formula is C9H20N2O5S. The van der Waals surface area contributed by atoms with E-state index in [0.717, 1.165) is 4.31 Å². The molecule has 7 nitrogen and oxygen atoms in total. The van der Waals surface area contributed by atoms with Gasteiger partial charge in [0, 0.05) is 27.2 Å².